The SMILES string of the molecule is CN(C(=O)c1ccccc1)C1CN(C2CCCCC2)CC1O. The quantitative estimate of drug-likeness (QED) is 0.930. The van der Waals surface area contributed by atoms with Crippen LogP contribution in [-0.4, -0.2) is 59.1 Å². The molecule has 1 aliphatic heterocycles. The van der Waals surface area contributed by atoms with Gasteiger partial charge >= 0.3 is 0 Å². The van der Waals surface area contributed by atoms with E-state index in [1.165, 1.54) is 32.1 Å². The zero-order valence-electron chi connectivity index (χ0n) is 13.3. The molecule has 22 heavy (non-hydrogen) atoms. The van der Waals surface area contributed by atoms with E-state index in [1.54, 1.807) is 4.90 Å². The molecule has 1 saturated heterocycles. The van der Waals surface area contributed by atoms with Gasteiger partial charge in [-0.05, 0) is 25.0 Å². The number of carbonyl (C=O) groups excluding carboxylic acids is 1. The van der Waals surface area contributed by atoms with E-state index in [-0.39, 0.29) is 11.9 Å². The first-order chi connectivity index (χ1) is 10.7. The van der Waals surface area contributed by atoms with E-state index in [9.17, 15) is 9.90 Å². The fourth-order valence-corrected chi connectivity index (χ4v) is 3.86. The Kier molecular flexibility index (Phi) is 4.79. The Bertz CT molecular complexity index is 499. The van der Waals surface area contributed by atoms with E-state index in [0.29, 0.717) is 18.2 Å². The van der Waals surface area contributed by atoms with Gasteiger partial charge in [0.15, 0.2) is 0 Å². The Labute approximate surface area is 132 Å². The normalized spacial score (nSPS) is 27.0. The molecule has 0 bridgehead atoms. The van der Waals surface area contributed by atoms with Gasteiger partial charge in [0.2, 0.25) is 0 Å². The topological polar surface area (TPSA) is 43.8 Å². The maximum atomic E-state index is 12.6. The molecule has 3 rings (SSSR count). The third kappa shape index (κ3) is 3.18. The van der Waals surface area contributed by atoms with Crippen LogP contribution in [0.5, 0.6) is 0 Å². The highest BCUT2D eigenvalue weighted by atomic mass is 16.3. The average molecular weight is 302 g/mol. The highest BCUT2D eigenvalue weighted by molar-refractivity contribution is 5.94. The van der Waals surface area contributed by atoms with Crippen molar-refractivity contribution in [3.63, 3.8) is 0 Å². The first-order valence-corrected chi connectivity index (χ1v) is 8.41. The number of likely N-dealkylation sites (N-methyl/N-ethyl adjacent to an activating group) is 1. The number of amides is 1. The van der Waals surface area contributed by atoms with Crippen molar-refractivity contribution in [2.75, 3.05) is 20.1 Å². The smallest absolute Gasteiger partial charge is 0.253 e. The van der Waals surface area contributed by atoms with Gasteiger partial charge in [0, 0.05) is 31.7 Å². The lowest BCUT2D eigenvalue weighted by molar-refractivity contribution is 0.0581. The molecule has 1 aliphatic carbocycles. The molecular formula is C18H26N2O2. The van der Waals surface area contributed by atoms with Gasteiger partial charge in [-0.2, -0.15) is 0 Å². The van der Waals surface area contributed by atoms with E-state index in [0.717, 1.165) is 6.54 Å². The zero-order chi connectivity index (χ0) is 15.5. The molecule has 2 atom stereocenters. The number of aliphatic hydroxyl groups is 1. The third-order valence-corrected chi connectivity index (χ3v) is 5.22. The highest BCUT2D eigenvalue weighted by Gasteiger charge is 2.39. The van der Waals surface area contributed by atoms with Crippen molar-refractivity contribution in [3.05, 3.63) is 35.9 Å². The van der Waals surface area contributed by atoms with E-state index in [2.05, 4.69) is 4.90 Å². The highest BCUT2D eigenvalue weighted by Crippen LogP contribution is 2.27. The van der Waals surface area contributed by atoms with Crippen LogP contribution in [0.3, 0.4) is 0 Å². The molecule has 1 aromatic carbocycles. The number of hydrogen-bond donors (Lipinski definition) is 1. The standard InChI is InChI=1S/C18H26N2O2/c1-19(18(22)14-8-4-2-5-9-14)16-12-20(13-17(16)21)15-10-6-3-7-11-15/h2,4-5,8-9,15-17,21H,3,6-7,10-13H2,1H3. The molecule has 1 saturated carbocycles. The minimum absolute atomic E-state index is 0.00450. The summed E-state index contributed by atoms with van der Waals surface area (Å²) >= 11 is 0. The summed E-state index contributed by atoms with van der Waals surface area (Å²) in [5.41, 5.74) is 0.688. The molecule has 0 aromatic heterocycles. The summed E-state index contributed by atoms with van der Waals surface area (Å²) in [6, 6.07) is 9.81. The summed E-state index contributed by atoms with van der Waals surface area (Å²) < 4.78 is 0. The molecular weight excluding hydrogens is 276 g/mol. The van der Waals surface area contributed by atoms with Crippen molar-refractivity contribution in [2.45, 2.75) is 50.3 Å². The maximum absolute atomic E-state index is 12.6. The second-order valence-electron chi connectivity index (χ2n) is 6.66. The van der Waals surface area contributed by atoms with Crippen LogP contribution in [0.4, 0.5) is 0 Å². The van der Waals surface area contributed by atoms with Gasteiger partial charge in [-0.1, -0.05) is 37.5 Å². The molecule has 2 aliphatic rings. The Morgan fingerprint density at radius 1 is 1.14 bits per heavy atom. The molecule has 0 spiro atoms. The van der Waals surface area contributed by atoms with Crippen molar-refractivity contribution < 1.29 is 9.90 Å². The fourth-order valence-electron chi connectivity index (χ4n) is 3.86. The molecule has 4 nitrogen and oxygen atoms in total. The summed E-state index contributed by atoms with van der Waals surface area (Å²) in [4.78, 5) is 16.7. The van der Waals surface area contributed by atoms with Crippen LogP contribution in [0.25, 0.3) is 0 Å². The Morgan fingerprint density at radius 2 is 1.82 bits per heavy atom. The number of hydrogen-bond acceptors (Lipinski definition) is 3. The Morgan fingerprint density at radius 3 is 2.50 bits per heavy atom. The molecule has 1 aromatic rings. The Balaban J connectivity index is 1.65. The fraction of sp³-hybridized carbons (Fsp3) is 0.611. The molecule has 2 fully saturated rings. The average Bonchev–Trinajstić information content (AvgIpc) is 2.97. The summed E-state index contributed by atoms with van der Waals surface area (Å²) in [6.45, 7) is 1.49. The van der Waals surface area contributed by atoms with E-state index in [1.807, 2.05) is 37.4 Å². The summed E-state index contributed by atoms with van der Waals surface area (Å²) in [7, 11) is 1.81. The first kappa shape index (κ1) is 15.5. The number of carbonyl (C=O) groups is 1. The lowest BCUT2D eigenvalue weighted by Gasteiger charge is -2.31. The summed E-state index contributed by atoms with van der Waals surface area (Å²) in [6.07, 6.45) is 5.94. The van der Waals surface area contributed by atoms with Crippen molar-refractivity contribution in [2.24, 2.45) is 0 Å². The van der Waals surface area contributed by atoms with Gasteiger partial charge in [-0.3, -0.25) is 9.69 Å². The van der Waals surface area contributed by atoms with Gasteiger partial charge in [-0.15, -0.1) is 0 Å². The molecule has 120 valence electrons. The third-order valence-electron chi connectivity index (χ3n) is 5.22. The largest absolute Gasteiger partial charge is 0.390 e. The van der Waals surface area contributed by atoms with Gasteiger partial charge in [0.1, 0.15) is 0 Å². The molecule has 0 radical (unpaired) electrons. The second kappa shape index (κ2) is 6.80. The number of nitrogens with zero attached hydrogens (tertiary/aromatic N) is 2. The lowest BCUT2D eigenvalue weighted by Crippen LogP contribution is -2.44. The number of β-amino-alcohol motifs (C(OH)–C–C–N with tert-alkyl or cyclic N) is 1. The first-order valence-electron chi connectivity index (χ1n) is 8.41. The van der Waals surface area contributed by atoms with Gasteiger partial charge in [-0.25, -0.2) is 0 Å². The second-order valence-corrected chi connectivity index (χ2v) is 6.66. The van der Waals surface area contributed by atoms with Crippen LogP contribution < -0.4 is 0 Å². The predicted octanol–water partition coefficient (Wildman–Crippen LogP) is 2.14. The van der Waals surface area contributed by atoms with Crippen molar-refractivity contribution in [1.82, 2.24) is 9.80 Å². The molecule has 4 heteroatoms. The molecule has 1 heterocycles. The van der Waals surface area contributed by atoms with Crippen LogP contribution >= 0.6 is 0 Å². The van der Waals surface area contributed by atoms with Crippen LogP contribution in [0.15, 0.2) is 30.3 Å². The minimum Gasteiger partial charge on any atom is -0.390 e. The molecule has 1 amide bonds. The predicted molar refractivity (Wildman–Crippen MR) is 86.8 cm³/mol. The summed E-state index contributed by atoms with van der Waals surface area (Å²) in [5.74, 6) is -0.00450. The number of likely N-dealkylation sites (tertiary alicyclic amines) is 1. The van der Waals surface area contributed by atoms with Gasteiger partial charge in [0.05, 0.1) is 12.1 Å². The number of aliphatic hydroxyl groups excluding tert-OH is 1. The van der Waals surface area contributed by atoms with Crippen LogP contribution in [0, 0.1) is 0 Å². The van der Waals surface area contributed by atoms with E-state index < -0.39 is 6.10 Å². The van der Waals surface area contributed by atoms with Crippen molar-refractivity contribution in [1.29, 1.82) is 0 Å². The minimum atomic E-state index is -0.445. The monoisotopic (exact) mass is 302 g/mol. The maximum Gasteiger partial charge on any atom is 0.253 e. The molecule has 1 N–H and O–H groups in total. The van der Waals surface area contributed by atoms with E-state index >= 15 is 0 Å². The van der Waals surface area contributed by atoms with Crippen LogP contribution in [0.1, 0.15) is 42.5 Å². The number of benzene rings is 1. The van der Waals surface area contributed by atoms with Gasteiger partial charge < -0.3 is 10.0 Å². The van der Waals surface area contributed by atoms with Crippen LogP contribution in [0.2, 0.25) is 0 Å². The van der Waals surface area contributed by atoms with E-state index in [4.69, 9.17) is 0 Å². The zero-order valence-corrected chi connectivity index (χ0v) is 13.3. The summed E-state index contributed by atoms with van der Waals surface area (Å²) in [5, 5.41) is 10.4. The van der Waals surface area contributed by atoms with Crippen LogP contribution in [-0.2, 0) is 0 Å². The number of rotatable bonds is 3. The lowest BCUT2D eigenvalue weighted by atomic mass is 9.94. The van der Waals surface area contributed by atoms with Crippen molar-refractivity contribution >= 4 is 5.91 Å². The molecule has 2 unspecified atom stereocenters. The Hall–Kier alpha value is -1.39. The van der Waals surface area contributed by atoms with Gasteiger partial charge in [0.25, 0.3) is 5.91 Å². The van der Waals surface area contributed by atoms with Crippen molar-refractivity contribution in [3.8, 4) is 0 Å².